The summed E-state index contributed by atoms with van der Waals surface area (Å²) in [6.07, 6.45) is 2.43. The van der Waals surface area contributed by atoms with Crippen LogP contribution in [0.4, 0.5) is 0 Å². The van der Waals surface area contributed by atoms with E-state index in [1.165, 1.54) is 22.7 Å². The van der Waals surface area contributed by atoms with Gasteiger partial charge in [-0.2, -0.15) is 0 Å². The van der Waals surface area contributed by atoms with Gasteiger partial charge in [0.2, 0.25) is 0 Å². The maximum absolute atomic E-state index is 3.86. The minimum atomic E-state index is 0.570. The normalized spacial score (nSPS) is 30.5. The number of rotatable bonds is 4. The predicted octanol–water partition coefficient (Wildman–Crippen LogP) is 3.31. The molecule has 1 fully saturated rings. The van der Waals surface area contributed by atoms with Crippen molar-refractivity contribution < 1.29 is 0 Å². The van der Waals surface area contributed by atoms with Crippen molar-refractivity contribution in [2.24, 2.45) is 5.92 Å². The minimum Gasteiger partial charge on any atom is -0.311 e. The summed E-state index contributed by atoms with van der Waals surface area (Å²) < 4.78 is 0. The highest BCUT2D eigenvalue weighted by molar-refractivity contribution is 7.11. The lowest BCUT2D eigenvalue weighted by Crippen LogP contribution is -2.53. The summed E-state index contributed by atoms with van der Waals surface area (Å²) >= 11 is 1.93. The molecule has 4 atom stereocenters. The Kier molecular flexibility index (Phi) is 5.04. The van der Waals surface area contributed by atoms with E-state index in [1.807, 2.05) is 11.3 Å². The monoisotopic (exact) mass is 280 g/mol. The van der Waals surface area contributed by atoms with Crippen LogP contribution in [0.2, 0.25) is 0 Å². The number of aryl methyl sites for hydroxylation is 1. The standard InChI is InChI=1S/C16H28N2S/c1-11-10-18(5)13(3)9-16(11)17-12(2)8-15-7-6-14(4)19-15/h6-7,11-13,16-17H,8-10H2,1-5H3. The summed E-state index contributed by atoms with van der Waals surface area (Å²) in [4.78, 5) is 5.41. The van der Waals surface area contributed by atoms with Gasteiger partial charge in [0.1, 0.15) is 0 Å². The van der Waals surface area contributed by atoms with E-state index in [0.29, 0.717) is 18.1 Å². The molecule has 1 aromatic heterocycles. The van der Waals surface area contributed by atoms with Crippen molar-refractivity contribution in [3.63, 3.8) is 0 Å². The fraction of sp³-hybridized carbons (Fsp3) is 0.750. The molecule has 0 aromatic carbocycles. The third-order valence-electron chi connectivity index (χ3n) is 4.41. The van der Waals surface area contributed by atoms with Gasteiger partial charge in [0, 0.05) is 34.4 Å². The number of hydrogen-bond acceptors (Lipinski definition) is 3. The fourth-order valence-corrected chi connectivity index (χ4v) is 4.11. The van der Waals surface area contributed by atoms with Gasteiger partial charge in [-0.3, -0.25) is 0 Å². The molecule has 0 saturated carbocycles. The summed E-state index contributed by atoms with van der Waals surface area (Å²) in [6, 6.07) is 6.44. The largest absolute Gasteiger partial charge is 0.311 e. The Morgan fingerprint density at radius 3 is 2.79 bits per heavy atom. The lowest BCUT2D eigenvalue weighted by Gasteiger charge is -2.41. The molecule has 0 spiro atoms. The summed E-state index contributed by atoms with van der Waals surface area (Å²) in [5.41, 5.74) is 0. The first kappa shape index (κ1) is 15.0. The highest BCUT2D eigenvalue weighted by Crippen LogP contribution is 2.22. The van der Waals surface area contributed by atoms with E-state index in [2.05, 4.69) is 57.1 Å². The van der Waals surface area contributed by atoms with Gasteiger partial charge in [0.25, 0.3) is 0 Å². The Hall–Kier alpha value is -0.380. The summed E-state index contributed by atoms with van der Waals surface area (Å²) in [6.45, 7) is 10.4. The van der Waals surface area contributed by atoms with Crippen LogP contribution in [0.3, 0.4) is 0 Å². The van der Waals surface area contributed by atoms with Crippen molar-refractivity contribution in [1.29, 1.82) is 0 Å². The van der Waals surface area contributed by atoms with Crippen LogP contribution in [0.25, 0.3) is 0 Å². The van der Waals surface area contributed by atoms with E-state index in [0.717, 1.165) is 12.3 Å². The molecule has 1 aromatic rings. The number of likely N-dealkylation sites (tertiary alicyclic amines) is 1. The molecule has 0 radical (unpaired) electrons. The molecule has 19 heavy (non-hydrogen) atoms. The smallest absolute Gasteiger partial charge is 0.0122 e. The first-order chi connectivity index (χ1) is 8.95. The van der Waals surface area contributed by atoms with Crippen molar-refractivity contribution in [2.75, 3.05) is 13.6 Å². The molecular formula is C16H28N2S. The van der Waals surface area contributed by atoms with E-state index in [4.69, 9.17) is 0 Å². The molecule has 0 bridgehead atoms. The van der Waals surface area contributed by atoms with Crippen LogP contribution in [0.1, 0.15) is 36.9 Å². The van der Waals surface area contributed by atoms with Gasteiger partial charge in [-0.05, 0) is 58.7 Å². The molecule has 2 heterocycles. The third-order valence-corrected chi connectivity index (χ3v) is 5.44. The molecular weight excluding hydrogens is 252 g/mol. The van der Waals surface area contributed by atoms with Crippen molar-refractivity contribution >= 4 is 11.3 Å². The molecule has 4 unspecified atom stereocenters. The highest BCUT2D eigenvalue weighted by atomic mass is 32.1. The topological polar surface area (TPSA) is 15.3 Å². The molecule has 3 heteroatoms. The highest BCUT2D eigenvalue weighted by Gasteiger charge is 2.29. The summed E-state index contributed by atoms with van der Waals surface area (Å²) in [5.74, 6) is 0.744. The van der Waals surface area contributed by atoms with Crippen LogP contribution >= 0.6 is 11.3 Å². The van der Waals surface area contributed by atoms with E-state index >= 15 is 0 Å². The average Bonchev–Trinajstić information content (AvgIpc) is 2.71. The van der Waals surface area contributed by atoms with Gasteiger partial charge in [-0.1, -0.05) is 6.92 Å². The maximum Gasteiger partial charge on any atom is 0.0122 e. The Morgan fingerprint density at radius 1 is 1.42 bits per heavy atom. The molecule has 0 amide bonds. The van der Waals surface area contributed by atoms with Crippen LogP contribution in [0.5, 0.6) is 0 Å². The predicted molar refractivity (Wildman–Crippen MR) is 85.0 cm³/mol. The van der Waals surface area contributed by atoms with Gasteiger partial charge in [-0.15, -0.1) is 11.3 Å². The number of thiophene rings is 1. The Balaban J connectivity index is 1.86. The Morgan fingerprint density at radius 2 is 2.16 bits per heavy atom. The number of nitrogens with one attached hydrogen (secondary N) is 1. The Bertz CT molecular complexity index is 401. The van der Waals surface area contributed by atoms with E-state index in [9.17, 15) is 0 Å². The zero-order chi connectivity index (χ0) is 14.0. The zero-order valence-electron chi connectivity index (χ0n) is 12.9. The average molecular weight is 280 g/mol. The van der Waals surface area contributed by atoms with E-state index in [-0.39, 0.29) is 0 Å². The Labute approximate surface area is 122 Å². The van der Waals surface area contributed by atoms with Crippen molar-refractivity contribution in [3.05, 3.63) is 21.9 Å². The van der Waals surface area contributed by atoms with Crippen molar-refractivity contribution in [2.45, 2.75) is 58.7 Å². The van der Waals surface area contributed by atoms with Gasteiger partial charge in [0.05, 0.1) is 0 Å². The van der Waals surface area contributed by atoms with Gasteiger partial charge < -0.3 is 10.2 Å². The van der Waals surface area contributed by atoms with Crippen molar-refractivity contribution in [1.82, 2.24) is 10.2 Å². The van der Waals surface area contributed by atoms with E-state index in [1.54, 1.807) is 0 Å². The maximum atomic E-state index is 3.86. The molecule has 2 rings (SSSR count). The van der Waals surface area contributed by atoms with Crippen LogP contribution in [0.15, 0.2) is 12.1 Å². The number of piperidine rings is 1. The number of hydrogen-bond donors (Lipinski definition) is 1. The zero-order valence-corrected chi connectivity index (χ0v) is 13.8. The fourth-order valence-electron chi connectivity index (χ4n) is 3.09. The quantitative estimate of drug-likeness (QED) is 0.910. The molecule has 108 valence electrons. The third kappa shape index (κ3) is 4.04. The molecule has 2 nitrogen and oxygen atoms in total. The molecule has 1 aliphatic rings. The molecule has 1 saturated heterocycles. The van der Waals surface area contributed by atoms with Gasteiger partial charge in [0.15, 0.2) is 0 Å². The van der Waals surface area contributed by atoms with Crippen LogP contribution in [-0.2, 0) is 6.42 Å². The minimum absolute atomic E-state index is 0.570. The molecule has 0 aliphatic carbocycles. The van der Waals surface area contributed by atoms with Crippen LogP contribution < -0.4 is 5.32 Å². The second kappa shape index (κ2) is 6.38. The first-order valence-electron chi connectivity index (χ1n) is 7.47. The summed E-state index contributed by atoms with van der Waals surface area (Å²) in [5, 5.41) is 3.86. The van der Waals surface area contributed by atoms with Crippen molar-refractivity contribution in [3.8, 4) is 0 Å². The first-order valence-corrected chi connectivity index (χ1v) is 8.29. The summed E-state index contributed by atoms with van der Waals surface area (Å²) in [7, 11) is 2.25. The van der Waals surface area contributed by atoms with Gasteiger partial charge in [-0.25, -0.2) is 0 Å². The lowest BCUT2D eigenvalue weighted by molar-refractivity contribution is 0.116. The van der Waals surface area contributed by atoms with Crippen LogP contribution in [0, 0.1) is 12.8 Å². The van der Waals surface area contributed by atoms with Gasteiger partial charge >= 0.3 is 0 Å². The second-order valence-corrected chi connectivity index (χ2v) is 7.76. The molecule has 1 aliphatic heterocycles. The second-order valence-electron chi connectivity index (χ2n) is 6.39. The number of nitrogens with zero attached hydrogens (tertiary/aromatic N) is 1. The lowest BCUT2D eigenvalue weighted by atomic mass is 9.89. The van der Waals surface area contributed by atoms with E-state index < -0.39 is 0 Å². The molecule has 1 N–H and O–H groups in total. The SMILES string of the molecule is Cc1ccc(CC(C)NC2CC(C)N(C)CC2C)s1. The van der Waals surface area contributed by atoms with Crippen LogP contribution in [-0.4, -0.2) is 36.6 Å².